The molecule has 0 radical (unpaired) electrons. The Kier molecular flexibility index (Phi) is 7.19. The Balaban J connectivity index is 1.97. The SMILES string of the molecule is CCCNS(=O)(=O)NCc1ccc(CN2C(=N)NC(C)(CC(C)C)C2=O)cc1. The van der Waals surface area contributed by atoms with E-state index < -0.39 is 15.7 Å². The van der Waals surface area contributed by atoms with E-state index in [0.717, 1.165) is 17.5 Å². The molecule has 1 fully saturated rings. The highest BCUT2D eigenvalue weighted by Crippen LogP contribution is 2.25. The molecule has 156 valence electrons. The maximum atomic E-state index is 12.8. The van der Waals surface area contributed by atoms with E-state index in [0.29, 0.717) is 25.4 Å². The highest BCUT2D eigenvalue weighted by atomic mass is 32.2. The van der Waals surface area contributed by atoms with E-state index in [9.17, 15) is 13.2 Å². The Morgan fingerprint density at radius 2 is 1.79 bits per heavy atom. The molecule has 1 unspecified atom stereocenters. The average Bonchev–Trinajstić information content (AvgIpc) is 2.81. The maximum Gasteiger partial charge on any atom is 0.277 e. The van der Waals surface area contributed by atoms with Crippen molar-refractivity contribution in [1.29, 1.82) is 5.41 Å². The molecule has 4 N–H and O–H groups in total. The summed E-state index contributed by atoms with van der Waals surface area (Å²) < 4.78 is 28.5. The van der Waals surface area contributed by atoms with Gasteiger partial charge in [0.2, 0.25) is 0 Å². The van der Waals surface area contributed by atoms with Crippen molar-refractivity contribution in [2.24, 2.45) is 5.92 Å². The molecule has 0 saturated carbocycles. The highest BCUT2D eigenvalue weighted by Gasteiger charge is 2.45. The van der Waals surface area contributed by atoms with Crippen LogP contribution in [0.5, 0.6) is 0 Å². The van der Waals surface area contributed by atoms with Crippen LogP contribution in [0.15, 0.2) is 24.3 Å². The Morgan fingerprint density at radius 1 is 1.18 bits per heavy atom. The first kappa shape index (κ1) is 22.3. The Hall–Kier alpha value is -1.97. The minimum absolute atomic E-state index is 0.0926. The molecule has 1 amide bonds. The molecule has 2 rings (SSSR count). The average molecular weight is 410 g/mol. The van der Waals surface area contributed by atoms with Gasteiger partial charge in [-0.15, -0.1) is 0 Å². The van der Waals surface area contributed by atoms with E-state index in [1.54, 1.807) is 0 Å². The summed E-state index contributed by atoms with van der Waals surface area (Å²) in [6, 6.07) is 7.34. The summed E-state index contributed by atoms with van der Waals surface area (Å²) >= 11 is 0. The van der Waals surface area contributed by atoms with E-state index in [2.05, 4.69) is 28.6 Å². The number of guanidine groups is 1. The largest absolute Gasteiger partial charge is 0.342 e. The zero-order valence-corrected chi connectivity index (χ0v) is 17.8. The van der Waals surface area contributed by atoms with Crippen LogP contribution >= 0.6 is 0 Å². The van der Waals surface area contributed by atoms with Crippen molar-refractivity contribution in [1.82, 2.24) is 19.7 Å². The zero-order chi connectivity index (χ0) is 20.9. The molecule has 1 heterocycles. The molecule has 1 saturated heterocycles. The number of nitrogens with zero attached hydrogens (tertiary/aromatic N) is 1. The Bertz CT molecular complexity index is 807. The summed E-state index contributed by atoms with van der Waals surface area (Å²) in [6.07, 6.45) is 1.39. The molecule has 9 heteroatoms. The summed E-state index contributed by atoms with van der Waals surface area (Å²) in [5.41, 5.74) is 0.954. The molecular formula is C19H31N5O3S. The summed E-state index contributed by atoms with van der Waals surface area (Å²) in [5, 5.41) is 11.2. The number of benzene rings is 1. The molecule has 1 aromatic rings. The van der Waals surface area contributed by atoms with Crippen molar-refractivity contribution in [3.63, 3.8) is 0 Å². The lowest BCUT2D eigenvalue weighted by atomic mass is 9.91. The number of hydrogen-bond donors (Lipinski definition) is 4. The fourth-order valence-corrected chi connectivity index (χ4v) is 4.23. The van der Waals surface area contributed by atoms with E-state index in [1.165, 1.54) is 4.90 Å². The lowest BCUT2D eigenvalue weighted by molar-refractivity contribution is -0.131. The van der Waals surface area contributed by atoms with Crippen molar-refractivity contribution in [3.05, 3.63) is 35.4 Å². The van der Waals surface area contributed by atoms with Crippen LogP contribution < -0.4 is 14.8 Å². The van der Waals surface area contributed by atoms with Gasteiger partial charge in [-0.25, -0.2) is 4.72 Å². The van der Waals surface area contributed by atoms with Crippen LogP contribution in [0.3, 0.4) is 0 Å². The summed E-state index contributed by atoms with van der Waals surface area (Å²) in [7, 11) is -3.50. The normalized spacial score (nSPS) is 20.1. The van der Waals surface area contributed by atoms with Gasteiger partial charge in [0.05, 0.1) is 6.54 Å². The van der Waals surface area contributed by atoms with Crippen LogP contribution in [-0.4, -0.2) is 37.3 Å². The highest BCUT2D eigenvalue weighted by molar-refractivity contribution is 7.87. The molecule has 1 atom stereocenters. The fourth-order valence-electron chi connectivity index (χ4n) is 3.30. The second-order valence-electron chi connectivity index (χ2n) is 7.83. The predicted molar refractivity (Wildman–Crippen MR) is 110 cm³/mol. The van der Waals surface area contributed by atoms with Crippen molar-refractivity contribution < 1.29 is 13.2 Å². The molecule has 28 heavy (non-hydrogen) atoms. The van der Waals surface area contributed by atoms with Crippen molar-refractivity contribution in [3.8, 4) is 0 Å². The van der Waals surface area contributed by atoms with Crippen LogP contribution in [0.4, 0.5) is 0 Å². The van der Waals surface area contributed by atoms with E-state index in [1.807, 2.05) is 38.1 Å². The van der Waals surface area contributed by atoms with Gasteiger partial charge in [0.1, 0.15) is 5.54 Å². The molecule has 1 aliphatic heterocycles. The first-order valence-electron chi connectivity index (χ1n) is 9.57. The number of rotatable bonds is 10. The smallest absolute Gasteiger partial charge is 0.277 e. The summed E-state index contributed by atoms with van der Waals surface area (Å²) in [4.78, 5) is 14.2. The summed E-state index contributed by atoms with van der Waals surface area (Å²) in [5.74, 6) is 0.362. The monoisotopic (exact) mass is 409 g/mol. The van der Waals surface area contributed by atoms with Crippen molar-refractivity contribution in [2.75, 3.05) is 6.54 Å². The fraction of sp³-hybridized carbons (Fsp3) is 0.579. The number of carbonyl (C=O) groups is 1. The third-order valence-corrected chi connectivity index (χ3v) is 5.68. The first-order valence-corrected chi connectivity index (χ1v) is 11.1. The molecule has 1 aromatic carbocycles. The number of carbonyl (C=O) groups excluding carboxylic acids is 1. The van der Waals surface area contributed by atoms with Gasteiger partial charge in [0.25, 0.3) is 16.1 Å². The number of nitrogens with one attached hydrogen (secondary N) is 4. The second kappa shape index (κ2) is 9.02. The molecule has 0 aromatic heterocycles. The third kappa shape index (κ3) is 5.76. The molecule has 8 nitrogen and oxygen atoms in total. The Morgan fingerprint density at radius 3 is 2.36 bits per heavy atom. The van der Waals surface area contributed by atoms with E-state index in [-0.39, 0.29) is 18.4 Å². The number of hydrogen-bond acceptors (Lipinski definition) is 4. The van der Waals surface area contributed by atoms with Gasteiger partial charge in [0.15, 0.2) is 5.96 Å². The van der Waals surface area contributed by atoms with Crippen LogP contribution in [0.2, 0.25) is 0 Å². The van der Waals surface area contributed by atoms with Crippen LogP contribution in [0, 0.1) is 11.3 Å². The minimum Gasteiger partial charge on any atom is -0.342 e. The molecular weight excluding hydrogens is 378 g/mol. The molecule has 0 bridgehead atoms. The topological polar surface area (TPSA) is 114 Å². The molecule has 0 aliphatic carbocycles. The minimum atomic E-state index is -3.50. The molecule has 0 spiro atoms. The maximum absolute atomic E-state index is 12.8. The second-order valence-corrected chi connectivity index (χ2v) is 9.41. The van der Waals surface area contributed by atoms with Crippen LogP contribution in [-0.2, 0) is 28.1 Å². The first-order chi connectivity index (χ1) is 13.1. The van der Waals surface area contributed by atoms with Crippen molar-refractivity contribution >= 4 is 22.1 Å². The quantitative estimate of drug-likeness (QED) is 0.471. The zero-order valence-electron chi connectivity index (χ0n) is 17.0. The lowest BCUT2D eigenvalue weighted by Crippen LogP contribution is -2.44. The number of amides is 1. The van der Waals surface area contributed by atoms with Gasteiger partial charge in [0, 0.05) is 13.1 Å². The van der Waals surface area contributed by atoms with Gasteiger partial charge in [-0.3, -0.25) is 15.1 Å². The van der Waals surface area contributed by atoms with E-state index >= 15 is 0 Å². The van der Waals surface area contributed by atoms with Gasteiger partial charge in [-0.05, 0) is 36.8 Å². The predicted octanol–water partition coefficient (Wildman–Crippen LogP) is 1.69. The van der Waals surface area contributed by atoms with Crippen LogP contribution in [0.1, 0.15) is 51.7 Å². The van der Waals surface area contributed by atoms with Gasteiger partial charge >= 0.3 is 0 Å². The van der Waals surface area contributed by atoms with Crippen molar-refractivity contribution in [2.45, 2.75) is 59.2 Å². The lowest BCUT2D eigenvalue weighted by Gasteiger charge is -2.24. The van der Waals surface area contributed by atoms with E-state index in [4.69, 9.17) is 5.41 Å². The van der Waals surface area contributed by atoms with Gasteiger partial charge < -0.3 is 5.32 Å². The van der Waals surface area contributed by atoms with Crippen LogP contribution in [0.25, 0.3) is 0 Å². The third-order valence-electron chi connectivity index (χ3n) is 4.57. The standard InChI is InChI=1S/C19H31N5O3S/c1-5-10-21-28(26,27)22-12-15-6-8-16(9-7-15)13-24-17(25)19(4,11-14(2)3)23-18(24)20/h6-9,14,21-22H,5,10-13H2,1-4H3,(H2,20,23). The molecule has 1 aliphatic rings. The van der Waals surface area contributed by atoms with Gasteiger partial charge in [-0.2, -0.15) is 13.1 Å². The summed E-state index contributed by atoms with van der Waals surface area (Å²) in [6.45, 7) is 8.73. The Labute approximate surface area is 167 Å². The van der Waals surface area contributed by atoms with Gasteiger partial charge in [-0.1, -0.05) is 45.0 Å².